The van der Waals surface area contributed by atoms with E-state index < -0.39 is 18.2 Å². The van der Waals surface area contributed by atoms with Crippen molar-refractivity contribution in [1.29, 1.82) is 0 Å². The predicted octanol–water partition coefficient (Wildman–Crippen LogP) is 0.853. The van der Waals surface area contributed by atoms with Gasteiger partial charge in [-0.3, -0.25) is 4.79 Å². The van der Waals surface area contributed by atoms with Crippen LogP contribution in [0.1, 0.15) is 36.0 Å². The number of nitrogens with two attached hydrogens (primary N) is 1. The Morgan fingerprint density at radius 3 is 2.79 bits per heavy atom. The molecule has 4 N–H and O–H groups in total. The molecule has 7 heteroatoms. The third-order valence-electron chi connectivity index (χ3n) is 4.41. The van der Waals surface area contributed by atoms with Crippen LogP contribution in [0.15, 0.2) is 24.3 Å². The number of likely N-dealkylation sites (N-methyl/N-ethyl adjacent to an activating group) is 1. The van der Waals surface area contributed by atoms with Crippen molar-refractivity contribution >= 4 is 11.9 Å². The summed E-state index contributed by atoms with van der Waals surface area (Å²) in [4.78, 5) is 23.9. The van der Waals surface area contributed by atoms with Crippen LogP contribution < -0.4 is 10.5 Å². The summed E-state index contributed by atoms with van der Waals surface area (Å²) >= 11 is 0. The molecule has 1 aliphatic carbocycles. The number of carboxylic acids is 1. The third kappa shape index (κ3) is 4.69. The predicted molar refractivity (Wildman–Crippen MR) is 87.9 cm³/mol. The summed E-state index contributed by atoms with van der Waals surface area (Å²) in [6.45, 7) is 0.484. The fraction of sp³-hybridized carbons (Fsp3) is 0.529. The second-order valence-corrected chi connectivity index (χ2v) is 6.18. The van der Waals surface area contributed by atoms with Gasteiger partial charge in [0.2, 0.25) is 5.91 Å². The molecule has 0 bridgehead atoms. The number of carbonyl (C=O) groups is 2. The van der Waals surface area contributed by atoms with Crippen LogP contribution in [0.3, 0.4) is 0 Å². The second kappa shape index (κ2) is 8.12. The molecular formula is C17H24N2O5. The summed E-state index contributed by atoms with van der Waals surface area (Å²) in [5, 5.41) is 19.6. The zero-order chi connectivity index (χ0) is 17.7. The largest absolute Gasteiger partial charge is 0.488 e. The van der Waals surface area contributed by atoms with Gasteiger partial charge in [0.1, 0.15) is 18.0 Å². The molecule has 0 aromatic heterocycles. The zero-order valence-electron chi connectivity index (χ0n) is 13.7. The molecule has 0 aliphatic heterocycles. The quantitative estimate of drug-likeness (QED) is 0.680. The van der Waals surface area contributed by atoms with Crippen molar-refractivity contribution in [2.24, 2.45) is 5.73 Å². The van der Waals surface area contributed by atoms with Crippen molar-refractivity contribution in [1.82, 2.24) is 4.90 Å². The topological polar surface area (TPSA) is 113 Å². The number of ether oxygens (including phenoxy) is 1. The van der Waals surface area contributed by atoms with Crippen molar-refractivity contribution in [2.45, 2.75) is 43.9 Å². The number of nitrogens with zero attached hydrogens (tertiary/aromatic N) is 1. The second-order valence-electron chi connectivity index (χ2n) is 6.18. The standard InChI is InChI=1S/C17H24N2O5/c1-19(9-8-15(18)20)13-6-3-7-14(16(13)21)24-12-5-2-4-11(10-12)17(22)23/h2,4-5,10,13-14,16,21H,3,6-9H2,1H3,(H2,18,20)(H,22,23)/t13-,14+,16+/m1/s1. The van der Waals surface area contributed by atoms with E-state index in [-0.39, 0.29) is 23.9 Å². The van der Waals surface area contributed by atoms with Gasteiger partial charge < -0.3 is 25.6 Å². The summed E-state index contributed by atoms with van der Waals surface area (Å²) in [6, 6.07) is 6.12. The van der Waals surface area contributed by atoms with E-state index in [1.54, 1.807) is 12.1 Å². The van der Waals surface area contributed by atoms with Crippen molar-refractivity contribution in [3.8, 4) is 5.75 Å². The molecule has 2 rings (SSSR count). The SMILES string of the molecule is CN(CCC(N)=O)[C@@H]1CCC[C@H](Oc2cccc(C(=O)O)c2)[C@H]1O. The highest BCUT2D eigenvalue weighted by atomic mass is 16.5. The van der Waals surface area contributed by atoms with Gasteiger partial charge in [-0.2, -0.15) is 0 Å². The average molecular weight is 336 g/mol. The molecule has 0 heterocycles. The number of aliphatic hydroxyl groups is 1. The van der Waals surface area contributed by atoms with E-state index in [1.807, 2.05) is 11.9 Å². The number of rotatable bonds is 7. The molecule has 1 aromatic carbocycles. The molecule has 1 fully saturated rings. The van der Waals surface area contributed by atoms with Gasteiger partial charge in [-0.15, -0.1) is 0 Å². The Morgan fingerprint density at radius 1 is 1.38 bits per heavy atom. The van der Waals surface area contributed by atoms with Crippen LogP contribution in [-0.2, 0) is 4.79 Å². The highest BCUT2D eigenvalue weighted by Gasteiger charge is 2.35. The highest BCUT2D eigenvalue weighted by molar-refractivity contribution is 5.88. The van der Waals surface area contributed by atoms with Crippen molar-refractivity contribution < 1.29 is 24.5 Å². The molecule has 132 valence electrons. The lowest BCUT2D eigenvalue weighted by molar-refractivity contribution is -0.118. The van der Waals surface area contributed by atoms with Gasteiger partial charge in [0.25, 0.3) is 0 Å². The molecular weight excluding hydrogens is 312 g/mol. The number of aliphatic hydroxyl groups excluding tert-OH is 1. The molecule has 1 saturated carbocycles. The highest BCUT2D eigenvalue weighted by Crippen LogP contribution is 2.27. The molecule has 1 amide bonds. The van der Waals surface area contributed by atoms with Gasteiger partial charge in [-0.1, -0.05) is 6.07 Å². The Bertz CT molecular complexity index is 592. The molecule has 0 spiro atoms. The van der Waals surface area contributed by atoms with Crippen molar-refractivity contribution in [2.75, 3.05) is 13.6 Å². The summed E-state index contributed by atoms with van der Waals surface area (Å²) < 4.78 is 5.83. The fourth-order valence-corrected chi connectivity index (χ4v) is 3.06. The molecule has 3 atom stereocenters. The number of hydrogen-bond donors (Lipinski definition) is 3. The van der Waals surface area contributed by atoms with Gasteiger partial charge in [0.15, 0.2) is 0 Å². The van der Waals surface area contributed by atoms with Gasteiger partial charge in [0.05, 0.1) is 5.56 Å². The Kier molecular flexibility index (Phi) is 6.16. The maximum atomic E-state index is 11.0. The summed E-state index contributed by atoms with van der Waals surface area (Å²) in [5.41, 5.74) is 5.32. The minimum absolute atomic E-state index is 0.120. The lowest BCUT2D eigenvalue weighted by Crippen LogP contribution is -2.52. The van der Waals surface area contributed by atoms with E-state index in [0.29, 0.717) is 18.7 Å². The molecule has 1 aromatic rings. The van der Waals surface area contributed by atoms with Crippen LogP contribution in [0.4, 0.5) is 0 Å². The fourth-order valence-electron chi connectivity index (χ4n) is 3.06. The maximum absolute atomic E-state index is 11.0. The third-order valence-corrected chi connectivity index (χ3v) is 4.41. The maximum Gasteiger partial charge on any atom is 0.335 e. The van der Waals surface area contributed by atoms with Gasteiger partial charge in [0, 0.05) is 19.0 Å². The van der Waals surface area contributed by atoms with Crippen LogP contribution in [0.25, 0.3) is 0 Å². The van der Waals surface area contributed by atoms with E-state index >= 15 is 0 Å². The van der Waals surface area contributed by atoms with Gasteiger partial charge in [-0.25, -0.2) is 4.79 Å². The van der Waals surface area contributed by atoms with Crippen LogP contribution in [0.2, 0.25) is 0 Å². The van der Waals surface area contributed by atoms with Gasteiger partial charge >= 0.3 is 5.97 Å². The van der Waals surface area contributed by atoms with Gasteiger partial charge in [-0.05, 0) is 44.5 Å². The Balaban J connectivity index is 2.01. The monoisotopic (exact) mass is 336 g/mol. The van der Waals surface area contributed by atoms with E-state index in [9.17, 15) is 14.7 Å². The molecule has 7 nitrogen and oxygen atoms in total. The average Bonchev–Trinajstić information content (AvgIpc) is 2.55. The number of carbonyl (C=O) groups excluding carboxylic acids is 1. The van der Waals surface area contributed by atoms with Crippen LogP contribution in [-0.4, -0.2) is 58.8 Å². The first-order valence-electron chi connectivity index (χ1n) is 8.05. The normalized spacial score (nSPS) is 23.9. The van der Waals surface area contributed by atoms with Crippen LogP contribution in [0.5, 0.6) is 5.75 Å². The first kappa shape index (κ1) is 18.2. The van der Waals surface area contributed by atoms with E-state index in [4.69, 9.17) is 15.6 Å². The molecule has 24 heavy (non-hydrogen) atoms. The molecule has 0 unspecified atom stereocenters. The van der Waals surface area contributed by atoms with Crippen molar-refractivity contribution in [3.63, 3.8) is 0 Å². The molecule has 1 aliphatic rings. The number of amides is 1. The Morgan fingerprint density at radius 2 is 2.12 bits per heavy atom. The number of hydrogen-bond acceptors (Lipinski definition) is 5. The Hall–Kier alpha value is -2.12. The van der Waals surface area contributed by atoms with Crippen molar-refractivity contribution in [3.05, 3.63) is 29.8 Å². The molecule has 0 radical (unpaired) electrons. The summed E-state index contributed by atoms with van der Waals surface area (Å²) in [6.07, 6.45) is 1.50. The van der Waals surface area contributed by atoms with E-state index in [1.165, 1.54) is 12.1 Å². The van der Waals surface area contributed by atoms with E-state index in [0.717, 1.165) is 12.8 Å². The number of aromatic carboxylic acids is 1. The lowest BCUT2D eigenvalue weighted by Gasteiger charge is -2.39. The smallest absolute Gasteiger partial charge is 0.335 e. The zero-order valence-corrected chi connectivity index (χ0v) is 13.7. The first-order valence-corrected chi connectivity index (χ1v) is 8.05. The summed E-state index contributed by atoms with van der Waals surface area (Å²) in [7, 11) is 1.85. The van der Waals surface area contributed by atoms with Crippen LogP contribution >= 0.6 is 0 Å². The summed E-state index contributed by atoms with van der Waals surface area (Å²) in [5.74, 6) is -0.960. The van der Waals surface area contributed by atoms with E-state index in [2.05, 4.69) is 0 Å². The Labute approximate surface area is 141 Å². The number of primary amides is 1. The number of benzene rings is 1. The minimum Gasteiger partial charge on any atom is -0.488 e. The van der Waals surface area contributed by atoms with Crippen LogP contribution in [0, 0.1) is 0 Å². The lowest BCUT2D eigenvalue weighted by atomic mass is 9.89. The minimum atomic E-state index is -1.02. The number of carboxylic acid groups (broad SMARTS) is 1. The molecule has 0 saturated heterocycles. The first-order chi connectivity index (χ1) is 11.4.